The molecule has 0 saturated carbocycles. The first-order chi connectivity index (χ1) is 12.2. The number of nitrogens with zero attached hydrogens (tertiary/aromatic N) is 3. The highest BCUT2D eigenvalue weighted by Crippen LogP contribution is 2.12. The summed E-state index contributed by atoms with van der Waals surface area (Å²) in [7, 11) is 0. The molecule has 0 spiro atoms. The van der Waals surface area contributed by atoms with Crippen LogP contribution >= 0.6 is 0 Å². The summed E-state index contributed by atoms with van der Waals surface area (Å²) >= 11 is 0. The van der Waals surface area contributed by atoms with Crippen LogP contribution in [0.4, 0.5) is 0 Å². The van der Waals surface area contributed by atoms with Crippen molar-refractivity contribution < 1.29 is 4.74 Å². The third kappa shape index (κ3) is 3.94. The molecule has 1 aromatic heterocycles. The summed E-state index contributed by atoms with van der Waals surface area (Å²) in [5.41, 5.74) is 1.41. The Morgan fingerprint density at radius 1 is 1.16 bits per heavy atom. The summed E-state index contributed by atoms with van der Waals surface area (Å²) in [6.45, 7) is 4.63. The van der Waals surface area contributed by atoms with Crippen LogP contribution in [0.5, 0.6) is 5.75 Å². The molecule has 0 N–H and O–H groups in total. The van der Waals surface area contributed by atoms with Crippen molar-refractivity contribution in [1.29, 1.82) is 0 Å². The SMILES string of the molecule is CCCCOc1ccc(C=Nn2c(C)nc3ccccc3c2=O)cc1. The lowest BCUT2D eigenvalue weighted by molar-refractivity contribution is 0.309. The Kier molecular flexibility index (Phi) is 5.23. The van der Waals surface area contributed by atoms with Gasteiger partial charge in [-0.25, -0.2) is 4.98 Å². The third-order valence-corrected chi connectivity index (χ3v) is 3.88. The highest BCUT2D eigenvalue weighted by atomic mass is 16.5. The molecule has 0 aliphatic carbocycles. The zero-order valence-electron chi connectivity index (χ0n) is 14.5. The Bertz CT molecular complexity index is 943. The van der Waals surface area contributed by atoms with Crippen LogP contribution in [0, 0.1) is 6.92 Å². The number of para-hydroxylation sites is 1. The van der Waals surface area contributed by atoms with E-state index in [0.29, 0.717) is 16.7 Å². The van der Waals surface area contributed by atoms with Crippen molar-refractivity contribution in [3.63, 3.8) is 0 Å². The van der Waals surface area contributed by atoms with E-state index in [2.05, 4.69) is 17.0 Å². The van der Waals surface area contributed by atoms with Gasteiger partial charge in [0.25, 0.3) is 5.56 Å². The van der Waals surface area contributed by atoms with E-state index in [9.17, 15) is 4.79 Å². The lowest BCUT2D eigenvalue weighted by atomic mass is 10.2. The van der Waals surface area contributed by atoms with Crippen molar-refractivity contribution in [1.82, 2.24) is 9.66 Å². The van der Waals surface area contributed by atoms with Crippen LogP contribution in [0.2, 0.25) is 0 Å². The summed E-state index contributed by atoms with van der Waals surface area (Å²) in [5.74, 6) is 1.39. The van der Waals surface area contributed by atoms with Crippen LogP contribution in [0.1, 0.15) is 31.2 Å². The van der Waals surface area contributed by atoms with Gasteiger partial charge in [0.15, 0.2) is 0 Å². The van der Waals surface area contributed by atoms with E-state index < -0.39 is 0 Å². The van der Waals surface area contributed by atoms with Crippen LogP contribution in [-0.2, 0) is 0 Å². The second kappa shape index (κ2) is 7.75. The standard InChI is InChI=1S/C20H21N3O2/c1-3-4-13-25-17-11-9-16(10-12-17)14-21-23-15(2)22-19-8-6-5-7-18(19)20(23)24/h5-12,14H,3-4,13H2,1-2H3. The normalized spacial score (nSPS) is 11.3. The summed E-state index contributed by atoms with van der Waals surface area (Å²) in [5, 5.41) is 4.87. The Labute approximate surface area is 146 Å². The van der Waals surface area contributed by atoms with Gasteiger partial charge in [0.1, 0.15) is 11.6 Å². The molecule has 0 radical (unpaired) electrons. The minimum absolute atomic E-state index is 0.168. The summed E-state index contributed by atoms with van der Waals surface area (Å²) in [4.78, 5) is 17.0. The average Bonchev–Trinajstić information content (AvgIpc) is 2.63. The second-order valence-corrected chi connectivity index (χ2v) is 5.81. The van der Waals surface area contributed by atoms with E-state index in [4.69, 9.17) is 4.74 Å². The van der Waals surface area contributed by atoms with Gasteiger partial charge in [-0.3, -0.25) is 4.79 Å². The summed E-state index contributed by atoms with van der Waals surface area (Å²) < 4.78 is 6.97. The first-order valence-electron chi connectivity index (χ1n) is 8.44. The van der Waals surface area contributed by atoms with Gasteiger partial charge in [0.2, 0.25) is 0 Å². The van der Waals surface area contributed by atoms with Crippen LogP contribution in [0.15, 0.2) is 58.4 Å². The predicted octanol–water partition coefficient (Wildman–Crippen LogP) is 3.77. The lowest BCUT2D eigenvalue weighted by Gasteiger charge is -2.06. The van der Waals surface area contributed by atoms with Gasteiger partial charge in [0.05, 0.1) is 23.7 Å². The van der Waals surface area contributed by atoms with Gasteiger partial charge in [-0.1, -0.05) is 25.5 Å². The zero-order chi connectivity index (χ0) is 17.6. The molecule has 3 rings (SSSR count). The molecule has 5 nitrogen and oxygen atoms in total. The number of ether oxygens (including phenoxy) is 1. The van der Waals surface area contributed by atoms with Crippen molar-refractivity contribution in [2.75, 3.05) is 6.61 Å². The molecule has 0 aliphatic rings. The molecular weight excluding hydrogens is 314 g/mol. The van der Waals surface area contributed by atoms with Crippen LogP contribution in [0.25, 0.3) is 10.9 Å². The fraction of sp³-hybridized carbons (Fsp3) is 0.250. The first kappa shape index (κ1) is 16.9. The highest BCUT2D eigenvalue weighted by molar-refractivity contribution is 5.80. The molecule has 0 bridgehead atoms. The van der Waals surface area contributed by atoms with Crippen LogP contribution in [0.3, 0.4) is 0 Å². The fourth-order valence-corrected chi connectivity index (χ4v) is 2.48. The molecule has 2 aromatic carbocycles. The van der Waals surface area contributed by atoms with Crippen LogP contribution in [-0.4, -0.2) is 22.5 Å². The number of benzene rings is 2. The molecule has 0 aliphatic heterocycles. The number of hydrogen-bond donors (Lipinski definition) is 0. The second-order valence-electron chi connectivity index (χ2n) is 5.81. The van der Waals surface area contributed by atoms with Gasteiger partial charge in [-0.15, -0.1) is 0 Å². The smallest absolute Gasteiger partial charge is 0.282 e. The summed E-state index contributed by atoms with van der Waals surface area (Å²) in [6, 6.07) is 14.9. The van der Waals surface area contributed by atoms with Crippen molar-refractivity contribution in [2.45, 2.75) is 26.7 Å². The van der Waals surface area contributed by atoms with E-state index >= 15 is 0 Å². The van der Waals surface area contributed by atoms with Gasteiger partial charge in [0, 0.05) is 0 Å². The minimum Gasteiger partial charge on any atom is -0.494 e. The Hall–Kier alpha value is -2.95. The first-order valence-corrected chi connectivity index (χ1v) is 8.44. The number of aromatic nitrogens is 2. The predicted molar refractivity (Wildman–Crippen MR) is 101 cm³/mol. The van der Waals surface area contributed by atoms with Gasteiger partial charge < -0.3 is 4.74 Å². The van der Waals surface area contributed by atoms with Gasteiger partial charge >= 0.3 is 0 Å². The number of fused-ring (bicyclic) bond motifs is 1. The van der Waals surface area contributed by atoms with Crippen molar-refractivity contribution >= 4 is 17.1 Å². The number of hydrogen-bond acceptors (Lipinski definition) is 4. The maximum Gasteiger partial charge on any atom is 0.282 e. The van der Waals surface area contributed by atoms with E-state index in [1.165, 1.54) is 4.68 Å². The van der Waals surface area contributed by atoms with Gasteiger partial charge in [-0.2, -0.15) is 9.78 Å². The van der Waals surface area contributed by atoms with Crippen LogP contribution < -0.4 is 10.3 Å². The Morgan fingerprint density at radius 3 is 2.68 bits per heavy atom. The van der Waals surface area contributed by atoms with E-state index in [0.717, 1.165) is 30.8 Å². The zero-order valence-corrected chi connectivity index (χ0v) is 14.5. The monoisotopic (exact) mass is 335 g/mol. The molecule has 3 aromatic rings. The van der Waals surface area contributed by atoms with E-state index in [1.807, 2.05) is 42.5 Å². The fourth-order valence-electron chi connectivity index (χ4n) is 2.48. The summed E-state index contributed by atoms with van der Waals surface area (Å²) in [6.07, 6.45) is 3.81. The van der Waals surface area contributed by atoms with E-state index in [-0.39, 0.29) is 5.56 Å². The molecule has 0 amide bonds. The largest absolute Gasteiger partial charge is 0.494 e. The molecule has 1 heterocycles. The Morgan fingerprint density at radius 2 is 1.92 bits per heavy atom. The lowest BCUT2D eigenvalue weighted by Crippen LogP contribution is -2.20. The minimum atomic E-state index is -0.168. The van der Waals surface area contributed by atoms with Crippen molar-refractivity contribution in [3.8, 4) is 5.75 Å². The van der Waals surface area contributed by atoms with E-state index in [1.54, 1.807) is 19.2 Å². The molecule has 5 heteroatoms. The topological polar surface area (TPSA) is 56.5 Å². The molecular formula is C20H21N3O2. The molecule has 0 fully saturated rings. The molecule has 0 unspecified atom stereocenters. The van der Waals surface area contributed by atoms with Gasteiger partial charge in [-0.05, 0) is 55.3 Å². The molecule has 25 heavy (non-hydrogen) atoms. The molecule has 0 atom stereocenters. The van der Waals surface area contributed by atoms with Crippen molar-refractivity contribution in [2.24, 2.45) is 5.10 Å². The quantitative estimate of drug-likeness (QED) is 0.509. The van der Waals surface area contributed by atoms with Crippen molar-refractivity contribution in [3.05, 3.63) is 70.3 Å². The highest BCUT2D eigenvalue weighted by Gasteiger charge is 2.06. The number of rotatable bonds is 6. The third-order valence-electron chi connectivity index (χ3n) is 3.88. The molecule has 0 saturated heterocycles. The average molecular weight is 335 g/mol. The molecule has 128 valence electrons. The maximum atomic E-state index is 12.6. The maximum absolute atomic E-state index is 12.6. The Balaban J connectivity index is 1.82. The number of aryl methyl sites for hydroxylation is 1. The number of unbranched alkanes of at least 4 members (excludes halogenated alkanes) is 1.